The van der Waals surface area contributed by atoms with E-state index < -0.39 is 10.0 Å². The van der Waals surface area contributed by atoms with Crippen LogP contribution in [0.4, 0.5) is 0 Å². The molecule has 0 saturated heterocycles. The molecule has 6 nitrogen and oxygen atoms in total. The molecule has 0 radical (unpaired) electrons. The Morgan fingerprint density at radius 2 is 1.68 bits per heavy atom. The lowest BCUT2D eigenvalue weighted by Gasteiger charge is -2.21. The van der Waals surface area contributed by atoms with Crippen molar-refractivity contribution in [3.8, 4) is 0 Å². The van der Waals surface area contributed by atoms with Crippen LogP contribution in [0.25, 0.3) is 0 Å². The summed E-state index contributed by atoms with van der Waals surface area (Å²) in [7, 11) is -0.180. The van der Waals surface area contributed by atoms with Crippen LogP contribution in [0.2, 0.25) is 5.02 Å². The van der Waals surface area contributed by atoms with Crippen molar-refractivity contribution in [3.05, 3.63) is 64.7 Å². The lowest BCUT2D eigenvalue weighted by atomic mass is 10.2. The van der Waals surface area contributed by atoms with Gasteiger partial charge < -0.3 is 10.6 Å². The summed E-state index contributed by atoms with van der Waals surface area (Å²) in [5, 5.41) is 7.13. The van der Waals surface area contributed by atoms with Crippen LogP contribution in [0.5, 0.6) is 0 Å². The van der Waals surface area contributed by atoms with Gasteiger partial charge in [-0.1, -0.05) is 35.9 Å². The maximum Gasteiger partial charge on any atom is 0.243 e. The van der Waals surface area contributed by atoms with Gasteiger partial charge >= 0.3 is 0 Å². The minimum absolute atomic E-state index is 0.0970. The summed E-state index contributed by atoms with van der Waals surface area (Å²) < 4.78 is 26.4. The maximum atomic E-state index is 12.5. The Hall–Kier alpha value is -2.09. The van der Waals surface area contributed by atoms with E-state index in [9.17, 15) is 8.42 Å². The van der Waals surface area contributed by atoms with E-state index in [2.05, 4.69) is 15.6 Å². The summed E-state index contributed by atoms with van der Waals surface area (Å²) in [4.78, 5) is 4.49. The number of nitrogens with one attached hydrogen (secondary N) is 2. The first kappa shape index (κ1) is 22.2. The number of hydrogen-bond donors (Lipinski definition) is 2. The molecule has 0 unspecified atom stereocenters. The van der Waals surface area contributed by atoms with E-state index in [0.29, 0.717) is 24.1 Å². The molecule has 0 aromatic heterocycles. The molecular formula is C20H27ClN4O2S. The third-order valence-electron chi connectivity index (χ3n) is 4.36. The maximum absolute atomic E-state index is 12.5. The summed E-state index contributed by atoms with van der Waals surface area (Å²) in [5.74, 6) is 0.649. The van der Waals surface area contributed by atoms with Crippen molar-refractivity contribution in [1.82, 2.24) is 14.9 Å². The molecule has 2 rings (SSSR count). The van der Waals surface area contributed by atoms with Crippen molar-refractivity contribution in [1.29, 1.82) is 0 Å². The van der Waals surface area contributed by atoms with Crippen LogP contribution in [-0.2, 0) is 23.1 Å². The number of rotatable bonds is 7. The van der Waals surface area contributed by atoms with Crippen molar-refractivity contribution in [2.45, 2.75) is 37.9 Å². The first-order valence-electron chi connectivity index (χ1n) is 9.00. The molecule has 8 heteroatoms. The van der Waals surface area contributed by atoms with Gasteiger partial charge in [-0.25, -0.2) is 8.42 Å². The van der Waals surface area contributed by atoms with Crippen molar-refractivity contribution in [2.24, 2.45) is 4.99 Å². The highest BCUT2D eigenvalue weighted by Crippen LogP contribution is 2.17. The molecule has 152 valence electrons. The first-order chi connectivity index (χ1) is 13.2. The number of aliphatic imine (C=N–C) groups is 1. The van der Waals surface area contributed by atoms with Gasteiger partial charge in [0.05, 0.1) is 4.90 Å². The highest BCUT2D eigenvalue weighted by Gasteiger charge is 2.22. The molecule has 0 fully saturated rings. The van der Waals surface area contributed by atoms with Gasteiger partial charge in [0.25, 0.3) is 0 Å². The van der Waals surface area contributed by atoms with Gasteiger partial charge in [0.2, 0.25) is 10.0 Å². The number of halogens is 1. The molecule has 28 heavy (non-hydrogen) atoms. The summed E-state index contributed by atoms with van der Waals surface area (Å²) in [5.41, 5.74) is 2.01. The topological polar surface area (TPSA) is 73.8 Å². The summed E-state index contributed by atoms with van der Waals surface area (Å²) >= 11 is 6.00. The number of guanidine groups is 1. The smallest absolute Gasteiger partial charge is 0.243 e. The van der Waals surface area contributed by atoms with Gasteiger partial charge in [0.15, 0.2) is 5.96 Å². The Labute approximate surface area is 172 Å². The monoisotopic (exact) mass is 422 g/mol. The fourth-order valence-corrected chi connectivity index (χ4v) is 4.04. The van der Waals surface area contributed by atoms with Crippen LogP contribution >= 0.6 is 11.6 Å². The van der Waals surface area contributed by atoms with Crippen molar-refractivity contribution in [3.63, 3.8) is 0 Å². The van der Waals surface area contributed by atoms with E-state index in [0.717, 1.165) is 11.1 Å². The van der Waals surface area contributed by atoms with Gasteiger partial charge in [-0.3, -0.25) is 4.99 Å². The molecular weight excluding hydrogens is 396 g/mol. The molecule has 0 aliphatic rings. The zero-order valence-corrected chi connectivity index (χ0v) is 18.2. The van der Waals surface area contributed by atoms with Crippen molar-refractivity contribution >= 4 is 27.6 Å². The Morgan fingerprint density at radius 1 is 1.07 bits per heavy atom. The quantitative estimate of drug-likeness (QED) is 0.530. The predicted molar refractivity (Wildman–Crippen MR) is 115 cm³/mol. The van der Waals surface area contributed by atoms with E-state index in [1.807, 2.05) is 38.1 Å². The minimum atomic E-state index is -3.47. The third-order valence-corrected chi connectivity index (χ3v) is 6.64. The van der Waals surface area contributed by atoms with Crippen LogP contribution in [0, 0.1) is 0 Å². The Bertz CT molecular complexity index is 912. The Morgan fingerprint density at radius 3 is 2.21 bits per heavy atom. The lowest BCUT2D eigenvalue weighted by molar-refractivity contribution is 0.410. The Balaban J connectivity index is 1.94. The van der Waals surface area contributed by atoms with Gasteiger partial charge in [-0.05, 0) is 49.2 Å². The van der Waals surface area contributed by atoms with E-state index >= 15 is 0 Å². The molecule has 2 N–H and O–H groups in total. The first-order valence-corrected chi connectivity index (χ1v) is 10.8. The fraction of sp³-hybridized carbons (Fsp3) is 0.350. The highest BCUT2D eigenvalue weighted by molar-refractivity contribution is 7.89. The SMILES string of the molecule is CN=C(NCc1ccc(S(=O)(=O)N(C)C(C)C)cc1)NCc1cccc(Cl)c1. The van der Waals surface area contributed by atoms with Gasteiger partial charge in [-0.2, -0.15) is 4.31 Å². The molecule has 2 aromatic carbocycles. The van der Waals surface area contributed by atoms with Crippen molar-refractivity contribution in [2.75, 3.05) is 14.1 Å². The van der Waals surface area contributed by atoms with Crippen LogP contribution in [-0.4, -0.2) is 38.8 Å². The number of hydrogen-bond acceptors (Lipinski definition) is 3. The van der Waals surface area contributed by atoms with Crippen LogP contribution < -0.4 is 10.6 Å². The van der Waals surface area contributed by atoms with E-state index in [1.165, 1.54) is 4.31 Å². The standard InChI is InChI=1S/C20H27ClN4O2S/c1-15(2)25(4)28(26,27)19-10-8-16(9-11-19)13-23-20(22-3)24-14-17-6-5-7-18(21)12-17/h5-12,15H,13-14H2,1-4H3,(H2,22,23,24). The second kappa shape index (κ2) is 9.91. The predicted octanol–water partition coefficient (Wildman–Crippen LogP) is 3.23. The zero-order chi connectivity index (χ0) is 20.7. The highest BCUT2D eigenvalue weighted by atomic mass is 35.5. The van der Waals surface area contributed by atoms with E-state index in [1.54, 1.807) is 38.4 Å². The van der Waals surface area contributed by atoms with E-state index in [4.69, 9.17) is 11.6 Å². The molecule has 0 heterocycles. The number of nitrogens with zero attached hydrogens (tertiary/aromatic N) is 2. The van der Waals surface area contributed by atoms with Crippen LogP contribution in [0.15, 0.2) is 58.4 Å². The minimum Gasteiger partial charge on any atom is -0.352 e. The second-order valence-electron chi connectivity index (χ2n) is 6.67. The summed E-state index contributed by atoms with van der Waals surface area (Å²) in [6.07, 6.45) is 0. The lowest BCUT2D eigenvalue weighted by Crippen LogP contribution is -2.36. The number of benzene rings is 2. The van der Waals surface area contributed by atoms with E-state index in [-0.39, 0.29) is 10.9 Å². The molecule has 0 saturated carbocycles. The van der Waals surface area contributed by atoms with Crippen LogP contribution in [0.1, 0.15) is 25.0 Å². The average Bonchev–Trinajstić information content (AvgIpc) is 2.67. The molecule has 0 atom stereocenters. The number of sulfonamides is 1. The normalized spacial score (nSPS) is 12.5. The largest absolute Gasteiger partial charge is 0.352 e. The second-order valence-corrected chi connectivity index (χ2v) is 9.10. The summed E-state index contributed by atoms with van der Waals surface area (Å²) in [6.45, 7) is 4.81. The molecule has 0 spiro atoms. The Kier molecular flexibility index (Phi) is 7.86. The molecule has 0 bridgehead atoms. The molecule has 0 amide bonds. The molecule has 0 aliphatic heterocycles. The molecule has 2 aromatic rings. The van der Waals surface area contributed by atoms with Gasteiger partial charge in [0.1, 0.15) is 0 Å². The third kappa shape index (κ3) is 5.95. The molecule has 0 aliphatic carbocycles. The van der Waals surface area contributed by atoms with Crippen LogP contribution in [0.3, 0.4) is 0 Å². The van der Waals surface area contributed by atoms with Gasteiger partial charge in [0, 0.05) is 38.2 Å². The summed E-state index contributed by atoms with van der Waals surface area (Å²) in [6, 6.07) is 14.4. The average molecular weight is 423 g/mol. The van der Waals surface area contributed by atoms with Crippen molar-refractivity contribution < 1.29 is 8.42 Å². The fourth-order valence-electron chi connectivity index (χ4n) is 2.46. The zero-order valence-electron chi connectivity index (χ0n) is 16.6. The van der Waals surface area contributed by atoms with Gasteiger partial charge in [-0.15, -0.1) is 0 Å².